The molecule has 0 bridgehead atoms. The van der Waals surface area contributed by atoms with Gasteiger partial charge in [-0.3, -0.25) is 4.79 Å². The van der Waals surface area contributed by atoms with Crippen LogP contribution in [0, 0.1) is 5.82 Å². The Labute approximate surface area is 94.0 Å². The molecule has 1 saturated carbocycles. The highest BCUT2D eigenvalue weighted by atomic mass is 19.1. The standard InChI is InChI=1S/C12H15FN2O/c13-10-3-1-9(2-4-10)7-15-12(16)8-14-11-5-6-11/h1-4,11,14H,5-8H2,(H,15,16). The molecule has 1 fully saturated rings. The molecule has 1 aromatic carbocycles. The number of hydrogen-bond donors (Lipinski definition) is 2. The van der Waals surface area contributed by atoms with Crippen molar-refractivity contribution in [2.75, 3.05) is 6.54 Å². The first-order valence-electron chi connectivity index (χ1n) is 5.48. The Hall–Kier alpha value is -1.42. The minimum atomic E-state index is -0.259. The lowest BCUT2D eigenvalue weighted by Crippen LogP contribution is -2.34. The van der Waals surface area contributed by atoms with Crippen LogP contribution < -0.4 is 10.6 Å². The molecule has 0 spiro atoms. The molecule has 3 nitrogen and oxygen atoms in total. The number of amides is 1. The maximum Gasteiger partial charge on any atom is 0.234 e. The van der Waals surface area contributed by atoms with Gasteiger partial charge >= 0.3 is 0 Å². The summed E-state index contributed by atoms with van der Waals surface area (Å²) < 4.78 is 12.6. The fraction of sp³-hybridized carbons (Fsp3) is 0.417. The molecule has 86 valence electrons. The van der Waals surface area contributed by atoms with Gasteiger partial charge < -0.3 is 10.6 Å². The van der Waals surface area contributed by atoms with E-state index in [0.29, 0.717) is 19.1 Å². The molecule has 2 rings (SSSR count). The van der Waals surface area contributed by atoms with E-state index in [1.807, 2.05) is 0 Å². The summed E-state index contributed by atoms with van der Waals surface area (Å²) in [6.07, 6.45) is 2.34. The van der Waals surface area contributed by atoms with Crippen LogP contribution in [0.2, 0.25) is 0 Å². The summed E-state index contributed by atoms with van der Waals surface area (Å²) in [5.74, 6) is -0.276. The van der Waals surface area contributed by atoms with E-state index in [1.54, 1.807) is 12.1 Å². The van der Waals surface area contributed by atoms with Gasteiger partial charge in [-0.15, -0.1) is 0 Å². The van der Waals surface area contributed by atoms with E-state index < -0.39 is 0 Å². The molecule has 0 unspecified atom stereocenters. The van der Waals surface area contributed by atoms with Crippen LogP contribution in [-0.2, 0) is 11.3 Å². The summed E-state index contributed by atoms with van der Waals surface area (Å²) in [6, 6.07) is 6.67. The number of benzene rings is 1. The van der Waals surface area contributed by atoms with Gasteiger partial charge in [0.2, 0.25) is 5.91 Å². The Morgan fingerprint density at radius 3 is 2.62 bits per heavy atom. The minimum absolute atomic E-state index is 0.0174. The largest absolute Gasteiger partial charge is 0.351 e. The zero-order valence-electron chi connectivity index (χ0n) is 9.00. The molecule has 0 atom stereocenters. The van der Waals surface area contributed by atoms with Crippen molar-refractivity contribution in [1.29, 1.82) is 0 Å². The number of halogens is 1. The maximum absolute atomic E-state index is 12.6. The summed E-state index contributed by atoms with van der Waals surface area (Å²) >= 11 is 0. The first-order chi connectivity index (χ1) is 7.74. The van der Waals surface area contributed by atoms with Gasteiger partial charge in [0.25, 0.3) is 0 Å². The van der Waals surface area contributed by atoms with Crippen molar-refractivity contribution in [3.63, 3.8) is 0 Å². The molecule has 0 radical (unpaired) electrons. The average Bonchev–Trinajstić information content (AvgIpc) is 3.09. The molecular formula is C12H15FN2O. The lowest BCUT2D eigenvalue weighted by molar-refractivity contribution is -0.120. The third-order valence-corrected chi connectivity index (χ3v) is 2.53. The number of carbonyl (C=O) groups excluding carboxylic acids is 1. The van der Waals surface area contributed by atoms with E-state index in [4.69, 9.17) is 0 Å². The summed E-state index contributed by atoms with van der Waals surface area (Å²) in [7, 11) is 0. The van der Waals surface area contributed by atoms with Crippen molar-refractivity contribution >= 4 is 5.91 Å². The van der Waals surface area contributed by atoms with E-state index >= 15 is 0 Å². The zero-order valence-corrected chi connectivity index (χ0v) is 9.00. The molecule has 0 aliphatic heterocycles. The number of hydrogen-bond acceptors (Lipinski definition) is 2. The molecule has 1 amide bonds. The molecular weight excluding hydrogens is 207 g/mol. The zero-order chi connectivity index (χ0) is 11.4. The van der Waals surface area contributed by atoms with Gasteiger partial charge in [0.15, 0.2) is 0 Å². The van der Waals surface area contributed by atoms with Crippen LogP contribution in [0.25, 0.3) is 0 Å². The van der Waals surface area contributed by atoms with E-state index in [0.717, 1.165) is 5.56 Å². The first-order valence-corrected chi connectivity index (χ1v) is 5.48. The third kappa shape index (κ3) is 3.62. The molecule has 1 aromatic rings. The molecule has 4 heteroatoms. The highest BCUT2D eigenvalue weighted by molar-refractivity contribution is 5.78. The second-order valence-electron chi connectivity index (χ2n) is 4.06. The Kier molecular flexibility index (Phi) is 3.51. The van der Waals surface area contributed by atoms with Crippen LogP contribution in [0.15, 0.2) is 24.3 Å². The van der Waals surface area contributed by atoms with Crippen LogP contribution >= 0.6 is 0 Å². The van der Waals surface area contributed by atoms with Crippen molar-refractivity contribution in [3.05, 3.63) is 35.6 Å². The normalized spacial score (nSPS) is 14.8. The van der Waals surface area contributed by atoms with Crippen molar-refractivity contribution < 1.29 is 9.18 Å². The predicted octanol–water partition coefficient (Wildman–Crippen LogP) is 1.19. The molecule has 0 saturated heterocycles. The Bertz CT molecular complexity index is 360. The van der Waals surface area contributed by atoms with Crippen molar-refractivity contribution in [2.24, 2.45) is 0 Å². The molecule has 16 heavy (non-hydrogen) atoms. The summed E-state index contributed by atoms with van der Waals surface area (Å²) in [5.41, 5.74) is 0.904. The fourth-order valence-electron chi connectivity index (χ4n) is 1.39. The number of nitrogens with one attached hydrogen (secondary N) is 2. The number of carbonyl (C=O) groups is 1. The minimum Gasteiger partial charge on any atom is -0.351 e. The quantitative estimate of drug-likeness (QED) is 0.785. The van der Waals surface area contributed by atoms with E-state index in [1.165, 1.54) is 25.0 Å². The van der Waals surface area contributed by atoms with Crippen LogP contribution in [0.1, 0.15) is 18.4 Å². The summed E-state index contributed by atoms with van der Waals surface area (Å²) in [6.45, 7) is 0.817. The Morgan fingerprint density at radius 1 is 1.31 bits per heavy atom. The molecule has 2 N–H and O–H groups in total. The molecule has 1 aliphatic carbocycles. The van der Waals surface area contributed by atoms with Crippen molar-refractivity contribution in [2.45, 2.75) is 25.4 Å². The monoisotopic (exact) mass is 222 g/mol. The molecule has 0 aromatic heterocycles. The van der Waals surface area contributed by atoms with Crippen LogP contribution in [-0.4, -0.2) is 18.5 Å². The topological polar surface area (TPSA) is 41.1 Å². The molecule has 1 aliphatic rings. The van der Waals surface area contributed by atoms with Gasteiger partial charge in [-0.1, -0.05) is 12.1 Å². The Balaban J connectivity index is 1.69. The van der Waals surface area contributed by atoms with Gasteiger partial charge in [-0.25, -0.2) is 4.39 Å². The summed E-state index contributed by atoms with van der Waals surface area (Å²) in [5, 5.41) is 5.91. The van der Waals surface area contributed by atoms with Gasteiger partial charge in [0, 0.05) is 12.6 Å². The second kappa shape index (κ2) is 5.07. The van der Waals surface area contributed by atoms with Crippen LogP contribution in [0.3, 0.4) is 0 Å². The van der Waals surface area contributed by atoms with Crippen molar-refractivity contribution in [1.82, 2.24) is 10.6 Å². The van der Waals surface area contributed by atoms with Gasteiger partial charge in [0.1, 0.15) is 5.82 Å². The van der Waals surface area contributed by atoms with E-state index in [2.05, 4.69) is 10.6 Å². The number of rotatable bonds is 5. The third-order valence-electron chi connectivity index (χ3n) is 2.53. The highest BCUT2D eigenvalue weighted by Crippen LogP contribution is 2.17. The lowest BCUT2D eigenvalue weighted by atomic mass is 10.2. The fourth-order valence-corrected chi connectivity index (χ4v) is 1.39. The second-order valence-corrected chi connectivity index (χ2v) is 4.06. The van der Waals surface area contributed by atoms with Crippen LogP contribution in [0.4, 0.5) is 4.39 Å². The van der Waals surface area contributed by atoms with E-state index in [-0.39, 0.29) is 11.7 Å². The van der Waals surface area contributed by atoms with Gasteiger partial charge in [-0.2, -0.15) is 0 Å². The first kappa shape index (κ1) is 11.1. The smallest absolute Gasteiger partial charge is 0.234 e. The van der Waals surface area contributed by atoms with Gasteiger partial charge in [-0.05, 0) is 30.5 Å². The van der Waals surface area contributed by atoms with E-state index in [9.17, 15) is 9.18 Å². The maximum atomic E-state index is 12.6. The van der Waals surface area contributed by atoms with Crippen molar-refractivity contribution in [3.8, 4) is 0 Å². The SMILES string of the molecule is O=C(CNC1CC1)NCc1ccc(F)cc1. The molecule has 0 heterocycles. The predicted molar refractivity (Wildman–Crippen MR) is 59.3 cm³/mol. The average molecular weight is 222 g/mol. The lowest BCUT2D eigenvalue weighted by Gasteiger charge is -2.05. The summed E-state index contributed by atoms with van der Waals surface area (Å²) in [4.78, 5) is 11.4. The Morgan fingerprint density at radius 2 is 2.00 bits per heavy atom. The van der Waals surface area contributed by atoms with Crippen LogP contribution in [0.5, 0.6) is 0 Å². The highest BCUT2D eigenvalue weighted by Gasteiger charge is 2.20. The van der Waals surface area contributed by atoms with Gasteiger partial charge in [0.05, 0.1) is 6.54 Å².